The molecule has 0 amide bonds. The van der Waals surface area contributed by atoms with E-state index in [2.05, 4.69) is 0 Å². The molecule has 1 rings (SSSR count). The summed E-state index contributed by atoms with van der Waals surface area (Å²) in [6, 6.07) is 7.85. The Bertz CT molecular complexity index is 282. The zero-order valence-electron chi connectivity index (χ0n) is 9.31. The van der Waals surface area contributed by atoms with E-state index in [1.165, 1.54) is 5.56 Å². The number of nitrogens with two attached hydrogens (primary N) is 1. The molecular weight excluding hydrogens is 190 g/mol. The zero-order valence-corrected chi connectivity index (χ0v) is 9.31. The molecule has 1 aromatic rings. The number of methoxy groups -OCH3 is 1. The van der Waals surface area contributed by atoms with Crippen LogP contribution in [-0.2, 0) is 6.42 Å². The van der Waals surface area contributed by atoms with Gasteiger partial charge in [-0.2, -0.15) is 0 Å². The highest BCUT2D eigenvalue weighted by molar-refractivity contribution is 5.27. The zero-order chi connectivity index (χ0) is 11.3. The van der Waals surface area contributed by atoms with Crippen molar-refractivity contribution in [1.29, 1.82) is 0 Å². The number of hydrogen-bond acceptors (Lipinski definition) is 3. The van der Waals surface area contributed by atoms with Gasteiger partial charge in [0.15, 0.2) is 0 Å². The standard InChI is InChI=1S/C12H19NO2/c1-3-10(12(13)14)8-9-4-6-11(15-2)7-5-9/h4-7,10,12,14H,3,8,13H2,1-2H3. The van der Waals surface area contributed by atoms with Crippen molar-refractivity contribution < 1.29 is 9.84 Å². The van der Waals surface area contributed by atoms with E-state index in [-0.39, 0.29) is 5.92 Å². The van der Waals surface area contributed by atoms with Gasteiger partial charge in [-0.1, -0.05) is 19.1 Å². The Hall–Kier alpha value is -1.06. The van der Waals surface area contributed by atoms with Crippen LogP contribution < -0.4 is 10.5 Å². The van der Waals surface area contributed by atoms with Crippen LogP contribution in [0.4, 0.5) is 0 Å². The van der Waals surface area contributed by atoms with E-state index in [1.54, 1.807) is 7.11 Å². The Labute approximate surface area is 90.9 Å². The minimum absolute atomic E-state index is 0.124. The molecule has 0 aromatic heterocycles. The molecule has 0 heterocycles. The van der Waals surface area contributed by atoms with Gasteiger partial charge in [0, 0.05) is 5.92 Å². The molecule has 0 radical (unpaired) electrons. The van der Waals surface area contributed by atoms with Crippen molar-refractivity contribution in [1.82, 2.24) is 0 Å². The molecule has 3 nitrogen and oxygen atoms in total. The van der Waals surface area contributed by atoms with Gasteiger partial charge in [0.25, 0.3) is 0 Å². The van der Waals surface area contributed by atoms with Crippen LogP contribution >= 0.6 is 0 Å². The maximum atomic E-state index is 9.33. The average Bonchev–Trinajstić information content (AvgIpc) is 2.26. The predicted octanol–water partition coefficient (Wildman–Crippen LogP) is 1.54. The molecule has 0 aliphatic rings. The van der Waals surface area contributed by atoms with Gasteiger partial charge >= 0.3 is 0 Å². The molecular formula is C12H19NO2. The minimum Gasteiger partial charge on any atom is -0.497 e. The van der Waals surface area contributed by atoms with Gasteiger partial charge in [-0.3, -0.25) is 0 Å². The summed E-state index contributed by atoms with van der Waals surface area (Å²) in [6.45, 7) is 2.03. The van der Waals surface area contributed by atoms with Crippen LogP contribution in [0.25, 0.3) is 0 Å². The van der Waals surface area contributed by atoms with E-state index in [9.17, 15) is 5.11 Å². The summed E-state index contributed by atoms with van der Waals surface area (Å²) in [5.41, 5.74) is 6.66. The van der Waals surface area contributed by atoms with Crippen LogP contribution in [0, 0.1) is 5.92 Å². The fourth-order valence-corrected chi connectivity index (χ4v) is 1.57. The Morgan fingerprint density at radius 1 is 1.33 bits per heavy atom. The van der Waals surface area contributed by atoms with Crippen molar-refractivity contribution in [2.75, 3.05) is 7.11 Å². The van der Waals surface area contributed by atoms with E-state index < -0.39 is 6.23 Å². The Kier molecular flexibility index (Phi) is 4.59. The molecule has 0 bridgehead atoms. The maximum Gasteiger partial charge on any atom is 0.118 e. The van der Waals surface area contributed by atoms with E-state index in [4.69, 9.17) is 10.5 Å². The lowest BCUT2D eigenvalue weighted by molar-refractivity contribution is 0.111. The smallest absolute Gasteiger partial charge is 0.118 e. The van der Waals surface area contributed by atoms with Crippen molar-refractivity contribution in [3.8, 4) is 5.75 Å². The van der Waals surface area contributed by atoms with Crippen LogP contribution in [0.2, 0.25) is 0 Å². The maximum absolute atomic E-state index is 9.33. The van der Waals surface area contributed by atoms with Crippen LogP contribution in [-0.4, -0.2) is 18.4 Å². The highest BCUT2D eigenvalue weighted by Crippen LogP contribution is 2.17. The van der Waals surface area contributed by atoms with E-state index >= 15 is 0 Å². The van der Waals surface area contributed by atoms with Gasteiger partial charge in [-0.15, -0.1) is 0 Å². The second-order valence-corrected chi connectivity index (χ2v) is 3.71. The summed E-state index contributed by atoms with van der Waals surface area (Å²) in [5, 5.41) is 9.33. The number of hydrogen-bond donors (Lipinski definition) is 2. The number of aliphatic hydroxyl groups excluding tert-OH is 1. The number of rotatable bonds is 5. The number of ether oxygens (including phenoxy) is 1. The van der Waals surface area contributed by atoms with Crippen molar-refractivity contribution in [2.24, 2.45) is 11.7 Å². The highest BCUT2D eigenvalue weighted by atomic mass is 16.5. The fourth-order valence-electron chi connectivity index (χ4n) is 1.57. The van der Waals surface area contributed by atoms with Crippen LogP contribution in [0.15, 0.2) is 24.3 Å². The van der Waals surface area contributed by atoms with Crippen LogP contribution in [0.1, 0.15) is 18.9 Å². The fraction of sp³-hybridized carbons (Fsp3) is 0.500. The van der Waals surface area contributed by atoms with Gasteiger partial charge < -0.3 is 15.6 Å². The van der Waals surface area contributed by atoms with E-state index in [1.807, 2.05) is 31.2 Å². The summed E-state index contributed by atoms with van der Waals surface area (Å²) >= 11 is 0. The van der Waals surface area contributed by atoms with Crippen LogP contribution in [0.3, 0.4) is 0 Å². The molecule has 2 atom stereocenters. The highest BCUT2D eigenvalue weighted by Gasteiger charge is 2.13. The summed E-state index contributed by atoms with van der Waals surface area (Å²) in [4.78, 5) is 0. The second-order valence-electron chi connectivity index (χ2n) is 3.71. The molecule has 0 aliphatic carbocycles. The largest absolute Gasteiger partial charge is 0.497 e. The molecule has 84 valence electrons. The summed E-state index contributed by atoms with van der Waals surface area (Å²) in [6.07, 6.45) is 0.944. The first-order valence-corrected chi connectivity index (χ1v) is 5.24. The first-order valence-electron chi connectivity index (χ1n) is 5.24. The molecule has 1 aromatic carbocycles. The molecule has 15 heavy (non-hydrogen) atoms. The molecule has 2 unspecified atom stereocenters. The van der Waals surface area contributed by atoms with E-state index in [0.717, 1.165) is 18.6 Å². The van der Waals surface area contributed by atoms with Gasteiger partial charge in [0.2, 0.25) is 0 Å². The topological polar surface area (TPSA) is 55.5 Å². The van der Waals surface area contributed by atoms with Crippen molar-refractivity contribution in [3.05, 3.63) is 29.8 Å². The molecule has 0 fully saturated rings. The van der Waals surface area contributed by atoms with E-state index in [0.29, 0.717) is 0 Å². The lowest BCUT2D eigenvalue weighted by atomic mass is 9.95. The van der Waals surface area contributed by atoms with Crippen molar-refractivity contribution in [2.45, 2.75) is 26.0 Å². The first kappa shape index (κ1) is 12.0. The number of aliphatic hydroxyl groups is 1. The Balaban J connectivity index is 2.63. The monoisotopic (exact) mass is 209 g/mol. The van der Waals surface area contributed by atoms with Crippen molar-refractivity contribution >= 4 is 0 Å². The summed E-state index contributed by atoms with van der Waals surface area (Å²) in [7, 11) is 1.65. The molecule has 0 saturated carbocycles. The van der Waals surface area contributed by atoms with Gasteiger partial charge in [0.05, 0.1) is 7.11 Å². The summed E-state index contributed by atoms with van der Waals surface area (Å²) in [5.74, 6) is 0.971. The lowest BCUT2D eigenvalue weighted by Crippen LogP contribution is -2.30. The van der Waals surface area contributed by atoms with Crippen LogP contribution in [0.5, 0.6) is 5.75 Å². The third-order valence-electron chi connectivity index (χ3n) is 2.66. The second kappa shape index (κ2) is 5.73. The molecule has 3 heteroatoms. The Morgan fingerprint density at radius 3 is 2.33 bits per heavy atom. The lowest BCUT2D eigenvalue weighted by Gasteiger charge is -2.17. The minimum atomic E-state index is -0.739. The molecule has 3 N–H and O–H groups in total. The van der Waals surface area contributed by atoms with Gasteiger partial charge in [0.1, 0.15) is 12.0 Å². The van der Waals surface area contributed by atoms with Gasteiger partial charge in [-0.05, 0) is 30.5 Å². The first-order chi connectivity index (χ1) is 7.17. The predicted molar refractivity (Wildman–Crippen MR) is 60.7 cm³/mol. The SMILES string of the molecule is CCC(Cc1ccc(OC)cc1)C(N)O. The third kappa shape index (κ3) is 3.53. The Morgan fingerprint density at radius 2 is 1.93 bits per heavy atom. The molecule has 0 spiro atoms. The summed E-state index contributed by atoms with van der Waals surface area (Å²) < 4.78 is 5.07. The number of benzene rings is 1. The normalized spacial score (nSPS) is 14.7. The third-order valence-corrected chi connectivity index (χ3v) is 2.66. The van der Waals surface area contributed by atoms with Gasteiger partial charge in [-0.25, -0.2) is 0 Å². The quantitative estimate of drug-likeness (QED) is 0.723. The van der Waals surface area contributed by atoms with Crippen molar-refractivity contribution in [3.63, 3.8) is 0 Å². The molecule has 0 aliphatic heterocycles. The average molecular weight is 209 g/mol. The molecule has 0 saturated heterocycles.